The number of benzene rings is 1. The molecule has 4 nitrogen and oxygen atoms in total. The molecule has 0 amide bonds. The number of nitrogens with zero attached hydrogens (tertiary/aromatic N) is 2. The van der Waals surface area contributed by atoms with Gasteiger partial charge in [-0.25, -0.2) is 0 Å². The van der Waals surface area contributed by atoms with E-state index in [0.717, 1.165) is 14.5 Å². The standard InChI is InChI=1S/C9H7Br2N3O/c10-5-1-2-6(7(11)3-5)9-13-8(4-12)14-15-9/h1-3H,4,12H2. The number of aromatic nitrogens is 2. The van der Waals surface area contributed by atoms with E-state index in [9.17, 15) is 0 Å². The molecule has 0 aliphatic heterocycles. The summed E-state index contributed by atoms with van der Waals surface area (Å²) in [5.74, 6) is 0.967. The van der Waals surface area contributed by atoms with Gasteiger partial charge in [-0.15, -0.1) is 0 Å². The minimum Gasteiger partial charge on any atom is -0.334 e. The lowest BCUT2D eigenvalue weighted by Crippen LogP contribution is -1.97. The molecule has 0 spiro atoms. The van der Waals surface area contributed by atoms with Gasteiger partial charge < -0.3 is 10.3 Å². The first kappa shape index (κ1) is 10.8. The van der Waals surface area contributed by atoms with E-state index in [1.165, 1.54) is 0 Å². The second kappa shape index (κ2) is 4.42. The van der Waals surface area contributed by atoms with Crippen LogP contribution in [0.5, 0.6) is 0 Å². The third-order valence-electron chi connectivity index (χ3n) is 1.81. The molecule has 0 aliphatic carbocycles. The van der Waals surface area contributed by atoms with Crippen molar-refractivity contribution in [3.63, 3.8) is 0 Å². The van der Waals surface area contributed by atoms with Crippen molar-refractivity contribution in [2.45, 2.75) is 6.54 Å². The van der Waals surface area contributed by atoms with Crippen molar-refractivity contribution in [1.29, 1.82) is 0 Å². The molecule has 1 aromatic heterocycles. The summed E-state index contributed by atoms with van der Waals surface area (Å²) in [6.07, 6.45) is 0. The molecular weight excluding hydrogens is 326 g/mol. The van der Waals surface area contributed by atoms with Crippen LogP contribution in [0.4, 0.5) is 0 Å². The molecule has 78 valence electrons. The third-order valence-corrected chi connectivity index (χ3v) is 2.96. The molecule has 2 N–H and O–H groups in total. The number of hydrogen-bond acceptors (Lipinski definition) is 4. The molecular formula is C9H7Br2N3O. The van der Waals surface area contributed by atoms with Crippen LogP contribution in [0, 0.1) is 0 Å². The summed E-state index contributed by atoms with van der Waals surface area (Å²) in [7, 11) is 0. The summed E-state index contributed by atoms with van der Waals surface area (Å²) in [5, 5.41) is 3.73. The van der Waals surface area contributed by atoms with Crippen molar-refractivity contribution in [2.75, 3.05) is 0 Å². The summed E-state index contributed by atoms with van der Waals surface area (Å²) < 4.78 is 6.95. The third kappa shape index (κ3) is 2.27. The zero-order valence-electron chi connectivity index (χ0n) is 7.58. The Labute approximate surface area is 103 Å². The Morgan fingerprint density at radius 1 is 1.33 bits per heavy atom. The zero-order chi connectivity index (χ0) is 10.8. The van der Waals surface area contributed by atoms with Crippen molar-refractivity contribution in [2.24, 2.45) is 5.73 Å². The van der Waals surface area contributed by atoms with E-state index in [4.69, 9.17) is 10.3 Å². The molecule has 0 bridgehead atoms. The molecule has 1 aromatic carbocycles. The van der Waals surface area contributed by atoms with E-state index in [2.05, 4.69) is 42.0 Å². The predicted octanol–water partition coefficient (Wildman–Crippen LogP) is 2.72. The maximum Gasteiger partial charge on any atom is 0.259 e. The molecule has 0 saturated carbocycles. The molecule has 0 saturated heterocycles. The van der Waals surface area contributed by atoms with Crippen LogP contribution in [0.1, 0.15) is 5.82 Å². The molecule has 15 heavy (non-hydrogen) atoms. The fraction of sp³-hybridized carbons (Fsp3) is 0.111. The summed E-state index contributed by atoms with van der Waals surface area (Å²) in [6.45, 7) is 0.275. The largest absolute Gasteiger partial charge is 0.334 e. The van der Waals surface area contributed by atoms with Crippen LogP contribution in [0.2, 0.25) is 0 Å². The number of hydrogen-bond donors (Lipinski definition) is 1. The predicted molar refractivity (Wildman–Crippen MR) is 63.0 cm³/mol. The van der Waals surface area contributed by atoms with E-state index >= 15 is 0 Å². The van der Waals surface area contributed by atoms with Gasteiger partial charge in [0.05, 0.1) is 12.1 Å². The number of halogens is 2. The van der Waals surface area contributed by atoms with Gasteiger partial charge in [0.15, 0.2) is 5.82 Å². The average molecular weight is 333 g/mol. The highest BCUT2D eigenvalue weighted by Crippen LogP contribution is 2.29. The summed E-state index contributed by atoms with van der Waals surface area (Å²) >= 11 is 6.80. The molecule has 2 aromatic rings. The Hall–Kier alpha value is -0.720. The van der Waals surface area contributed by atoms with Crippen molar-refractivity contribution >= 4 is 31.9 Å². The summed E-state index contributed by atoms with van der Waals surface area (Å²) in [4.78, 5) is 4.14. The van der Waals surface area contributed by atoms with Gasteiger partial charge in [-0.3, -0.25) is 0 Å². The Morgan fingerprint density at radius 3 is 2.73 bits per heavy atom. The first-order valence-corrected chi connectivity index (χ1v) is 5.77. The highest BCUT2D eigenvalue weighted by molar-refractivity contribution is 9.11. The molecule has 0 unspecified atom stereocenters. The molecule has 1 heterocycles. The van der Waals surface area contributed by atoms with E-state index in [0.29, 0.717) is 11.7 Å². The lowest BCUT2D eigenvalue weighted by molar-refractivity contribution is 0.422. The Morgan fingerprint density at radius 2 is 2.13 bits per heavy atom. The Bertz CT molecular complexity index is 484. The Balaban J connectivity index is 2.44. The topological polar surface area (TPSA) is 64.9 Å². The zero-order valence-corrected chi connectivity index (χ0v) is 10.7. The van der Waals surface area contributed by atoms with Crippen molar-refractivity contribution in [1.82, 2.24) is 10.1 Å². The van der Waals surface area contributed by atoms with Crippen molar-refractivity contribution in [3.8, 4) is 11.5 Å². The molecule has 2 rings (SSSR count). The van der Waals surface area contributed by atoms with Crippen LogP contribution in [0.25, 0.3) is 11.5 Å². The van der Waals surface area contributed by atoms with Gasteiger partial charge in [-0.1, -0.05) is 21.1 Å². The first-order chi connectivity index (χ1) is 7.20. The van der Waals surface area contributed by atoms with E-state index < -0.39 is 0 Å². The quantitative estimate of drug-likeness (QED) is 0.918. The minimum atomic E-state index is 0.275. The SMILES string of the molecule is NCc1noc(-c2ccc(Br)cc2Br)n1. The normalized spacial score (nSPS) is 10.6. The Kier molecular flexibility index (Phi) is 3.18. The smallest absolute Gasteiger partial charge is 0.259 e. The lowest BCUT2D eigenvalue weighted by atomic mass is 10.2. The van der Waals surface area contributed by atoms with Crippen LogP contribution >= 0.6 is 31.9 Å². The molecule has 6 heteroatoms. The van der Waals surface area contributed by atoms with Crippen LogP contribution in [-0.4, -0.2) is 10.1 Å². The van der Waals surface area contributed by atoms with Gasteiger partial charge in [0, 0.05) is 8.95 Å². The van der Waals surface area contributed by atoms with E-state index in [-0.39, 0.29) is 6.54 Å². The molecule has 0 radical (unpaired) electrons. The van der Waals surface area contributed by atoms with Gasteiger partial charge in [0.1, 0.15) is 0 Å². The summed E-state index contributed by atoms with van der Waals surface area (Å²) in [6, 6.07) is 5.72. The fourth-order valence-electron chi connectivity index (χ4n) is 1.11. The van der Waals surface area contributed by atoms with Gasteiger partial charge in [-0.05, 0) is 34.1 Å². The maximum atomic E-state index is 5.40. The molecule has 0 atom stereocenters. The van der Waals surface area contributed by atoms with Gasteiger partial charge in [0.2, 0.25) is 0 Å². The highest BCUT2D eigenvalue weighted by atomic mass is 79.9. The van der Waals surface area contributed by atoms with Gasteiger partial charge in [0.25, 0.3) is 5.89 Å². The maximum absolute atomic E-state index is 5.40. The van der Waals surface area contributed by atoms with Gasteiger partial charge >= 0.3 is 0 Å². The molecule has 0 aliphatic rings. The van der Waals surface area contributed by atoms with Crippen molar-refractivity contribution < 1.29 is 4.52 Å². The van der Waals surface area contributed by atoms with Crippen LogP contribution in [-0.2, 0) is 6.54 Å². The van der Waals surface area contributed by atoms with Crippen LogP contribution in [0.15, 0.2) is 31.7 Å². The first-order valence-electron chi connectivity index (χ1n) is 4.19. The van der Waals surface area contributed by atoms with E-state index in [1.807, 2.05) is 18.2 Å². The second-order valence-corrected chi connectivity index (χ2v) is 4.61. The monoisotopic (exact) mass is 331 g/mol. The van der Waals surface area contributed by atoms with Crippen LogP contribution in [0.3, 0.4) is 0 Å². The summed E-state index contributed by atoms with van der Waals surface area (Å²) in [5.41, 5.74) is 6.25. The molecule has 0 fully saturated rings. The van der Waals surface area contributed by atoms with Gasteiger partial charge in [-0.2, -0.15) is 4.98 Å². The number of rotatable bonds is 2. The highest BCUT2D eigenvalue weighted by Gasteiger charge is 2.11. The van der Waals surface area contributed by atoms with Crippen LogP contribution < -0.4 is 5.73 Å². The average Bonchev–Trinajstić information content (AvgIpc) is 2.66. The van der Waals surface area contributed by atoms with Crippen molar-refractivity contribution in [3.05, 3.63) is 33.0 Å². The fourth-order valence-corrected chi connectivity index (χ4v) is 2.33. The van der Waals surface area contributed by atoms with E-state index in [1.54, 1.807) is 0 Å². The second-order valence-electron chi connectivity index (χ2n) is 2.84. The number of nitrogens with two attached hydrogens (primary N) is 1. The minimum absolute atomic E-state index is 0.275. The lowest BCUT2D eigenvalue weighted by Gasteiger charge is -1.98.